The molecule has 0 radical (unpaired) electrons. The van der Waals surface area contributed by atoms with E-state index < -0.39 is 0 Å². The van der Waals surface area contributed by atoms with Crippen LogP contribution in [0.5, 0.6) is 0 Å². The first-order valence-electron chi connectivity index (χ1n) is 5.68. The van der Waals surface area contributed by atoms with Crippen molar-refractivity contribution in [2.24, 2.45) is 5.73 Å². The SMILES string of the molecule is CCNC(=N)Nc1ccc(N(C)C)c(CN)c1. The minimum atomic E-state index is 0.299. The first-order valence-corrected chi connectivity index (χ1v) is 5.68. The lowest BCUT2D eigenvalue weighted by molar-refractivity contribution is 0.953. The van der Waals surface area contributed by atoms with E-state index in [1.807, 2.05) is 44.1 Å². The van der Waals surface area contributed by atoms with E-state index in [4.69, 9.17) is 11.1 Å². The predicted molar refractivity (Wildman–Crippen MR) is 73.7 cm³/mol. The number of hydrogen-bond donors (Lipinski definition) is 4. The molecule has 0 amide bonds. The highest BCUT2D eigenvalue weighted by molar-refractivity contribution is 5.91. The summed E-state index contributed by atoms with van der Waals surface area (Å²) in [6.45, 7) is 3.17. The fourth-order valence-electron chi connectivity index (χ4n) is 1.63. The van der Waals surface area contributed by atoms with Crippen molar-refractivity contribution in [3.63, 3.8) is 0 Å². The standard InChI is InChI=1S/C12H21N5/c1-4-15-12(14)16-10-5-6-11(17(2)3)9(7-10)8-13/h5-7H,4,8,13H2,1-3H3,(H3,14,15,16). The van der Waals surface area contributed by atoms with Gasteiger partial charge in [-0.25, -0.2) is 0 Å². The van der Waals surface area contributed by atoms with Crippen LogP contribution in [-0.4, -0.2) is 26.6 Å². The Balaban J connectivity index is 2.86. The van der Waals surface area contributed by atoms with Crippen molar-refractivity contribution in [3.05, 3.63) is 23.8 Å². The van der Waals surface area contributed by atoms with E-state index in [1.165, 1.54) is 0 Å². The average Bonchev–Trinajstić information content (AvgIpc) is 2.28. The zero-order chi connectivity index (χ0) is 12.8. The number of nitrogens with zero attached hydrogens (tertiary/aromatic N) is 1. The maximum absolute atomic E-state index is 7.63. The molecular formula is C12H21N5. The van der Waals surface area contributed by atoms with E-state index in [2.05, 4.69) is 10.6 Å². The Morgan fingerprint density at radius 1 is 1.41 bits per heavy atom. The first-order chi connectivity index (χ1) is 8.08. The molecule has 0 atom stereocenters. The third-order valence-electron chi connectivity index (χ3n) is 2.40. The summed E-state index contributed by atoms with van der Waals surface area (Å²) in [5.41, 5.74) is 8.76. The Kier molecular flexibility index (Phi) is 4.78. The molecule has 0 saturated carbocycles. The molecule has 17 heavy (non-hydrogen) atoms. The Morgan fingerprint density at radius 2 is 2.12 bits per heavy atom. The summed E-state index contributed by atoms with van der Waals surface area (Å²) < 4.78 is 0. The van der Waals surface area contributed by atoms with Crippen molar-refractivity contribution in [2.45, 2.75) is 13.5 Å². The Bertz CT molecular complexity index is 386. The molecule has 0 fully saturated rings. The van der Waals surface area contributed by atoms with Gasteiger partial charge < -0.3 is 21.3 Å². The van der Waals surface area contributed by atoms with Gasteiger partial charge in [0.25, 0.3) is 0 Å². The van der Waals surface area contributed by atoms with Crippen LogP contribution in [0.4, 0.5) is 11.4 Å². The van der Waals surface area contributed by atoms with Crippen LogP contribution in [0.1, 0.15) is 12.5 Å². The Morgan fingerprint density at radius 3 is 2.65 bits per heavy atom. The second-order valence-corrected chi connectivity index (χ2v) is 3.97. The van der Waals surface area contributed by atoms with Crippen LogP contribution in [0.15, 0.2) is 18.2 Å². The maximum atomic E-state index is 7.63. The highest BCUT2D eigenvalue weighted by Gasteiger charge is 2.05. The number of guanidine groups is 1. The van der Waals surface area contributed by atoms with Crippen LogP contribution in [0.2, 0.25) is 0 Å². The van der Waals surface area contributed by atoms with Crippen molar-refractivity contribution < 1.29 is 0 Å². The molecule has 0 spiro atoms. The van der Waals surface area contributed by atoms with Crippen molar-refractivity contribution in [1.29, 1.82) is 5.41 Å². The van der Waals surface area contributed by atoms with Gasteiger partial charge in [-0.2, -0.15) is 0 Å². The maximum Gasteiger partial charge on any atom is 0.192 e. The molecule has 5 heteroatoms. The molecule has 0 aromatic heterocycles. The molecule has 1 rings (SSSR count). The summed E-state index contributed by atoms with van der Waals surface area (Å²) in [7, 11) is 3.98. The summed E-state index contributed by atoms with van der Waals surface area (Å²) >= 11 is 0. The second-order valence-electron chi connectivity index (χ2n) is 3.97. The molecule has 0 heterocycles. The van der Waals surface area contributed by atoms with Gasteiger partial charge in [-0.15, -0.1) is 0 Å². The van der Waals surface area contributed by atoms with Crippen molar-refractivity contribution in [3.8, 4) is 0 Å². The third kappa shape index (κ3) is 3.64. The molecule has 1 aromatic rings. The third-order valence-corrected chi connectivity index (χ3v) is 2.40. The molecule has 94 valence electrons. The van der Waals surface area contributed by atoms with E-state index in [-0.39, 0.29) is 0 Å². The molecule has 0 unspecified atom stereocenters. The first kappa shape index (κ1) is 13.3. The molecular weight excluding hydrogens is 214 g/mol. The normalized spacial score (nSPS) is 9.88. The van der Waals surface area contributed by atoms with Crippen LogP contribution in [0.25, 0.3) is 0 Å². The molecule has 0 aliphatic carbocycles. The molecule has 0 saturated heterocycles. The van der Waals surface area contributed by atoms with Gasteiger partial charge in [0.05, 0.1) is 0 Å². The zero-order valence-electron chi connectivity index (χ0n) is 10.7. The number of nitrogens with two attached hydrogens (primary N) is 1. The lowest BCUT2D eigenvalue weighted by Gasteiger charge is -2.18. The van der Waals surface area contributed by atoms with Gasteiger partial charge in [0, 0.05) is 38.6 Å². The minimum absolute atomic E-state index is 0.299. The molecule has 0 bridgehead atoms. The Hall–Kier alpha value is -1.75. The number of hydrogen-bond acceptors (Lipinski definition) is 3. The van der Waals surface area contributed by atoms with Crippen LogP contribution in [-0.2, 0) is 6.54 Å². The monoisotopic (exact) mass is 235 g/mol. The molecule has 0 aliphatic rings. The Labute approximate surface area is 103 Å². The van der Waals surface area contributed by atoms with Crippen LogP contribution < -0.4 is 21.3 Å². The van der Waals surface area contributed by atoms with E-state index in [0.717, 1.165) is 23.5 Å². The number of benzene rings is 1. The lowest BCUT2D eigenvalue weighted by atomic mass is 10.1. The van der Waals surface area contributed by atoms with E-state index in [9.17, 15) is 0 Å². The average molecular weight is 235 g/mol. The van der Waals surface area contributed by atoms with Gasteiger partial charge in [-0.05, 0) is 30.7 Å². The van der Waals surface area contributed by atoms with Gasteiger partial charge >= 0.3 is 0 Å². The number of nitrogens with one attached hydrogen (secondary N) is 3. The summed E-state index contributed by atoms with van der Waals surface area (Å²) in [5.74, 6) is 0.299. The van der Waals surface area contributed by atoms with E-state index >= 15 is 0 Å². The van der Waals surface area contributed by atoms with Gasteiger partial charge in [0.15, 0.2) is 5.96 Å². The highest BCUT2D eigenvalue weighted by atomic mass is 15.1. The van der Waals surface area contributed by atoms with E-state index in [0.29, 0.717) is 12.5 Å². The quantitative estimate of drug-likeness (QED) is 0.467. The fourth-order valence-corrected chi connectivity index (χ4v) is 1.63. The topological polar surface area (TPSA) is 77.2 Å². The smallest absolute Gasteiger partial charge is 0.192 e. The van der Waals surface area contributed by atoms with Gasteiger partial charge in [-0.3, -0.25) is 5.41 Å². The molecule has 5 nitrogen and oxygen atoms in total. The number of anilines is 2. The number of rotatable bonds is 4. The van der Waals surface area contributed by atoms with Crippen molar-refractivity contribution in [2.75, 3.05) is 30.9 Å². The van der Waals surface area contributed by atoms with Crippen LogP contribution in [0, 0.1) is 5.41 Å². The van der Waals surface area contributed by atoms with Crippen LogP contribution in [0.3, 0.4) is 0 Å². The predicted octanol–water partition coefficient (Wildman–Crippen LogP) is 1.17. The second kappa shape index (κ2) is 6.10. The summed E-state index contributed by atoms with van der Waals surface area (Å²) in [4.78, 5) is 2.03. The van der Waals surface area contributed by atoms with Crippen LogP contribution >= 0.6 is 0 Å². The summed E-state index contributed by atoms with van der Waals surface area (Å²) in [6.07, 6.45) is 0. The van der Waals surface area contributed by atoms with Crippen molar-refractivity contribution in [1.82, 2.24) is 5.32 Å². The highest BCUT2D eigenvalue weighted by Crippen LogP contribution is 2.22. The lowest BCUT2D eigenvalue weighted by Crippen LogP contribution is -2.29. The molecule has 0 aliphatic heterocycles. The van der Waals surface area contributed by atoms with Crippen molar-refractivity contribution >= 4 is 17.3 Å². The molecule has 1 aromatic carbocycles. The van der Waals surface area contributed by atoms with E-state index in [1.54, 1.807) is 0 Å². The fraction of sp³-hybridized carbons (Fsp3) is 0.417. The summed E-state index contributed by atoms with van der Waals surface area (Å²) in [5, 5.41) is 13.5. The minimum Gasteiger partial charge on any atom is -0.377 e. The van der Waals surface area contributed by atoms with Gasteiger partial charge in [0.2, 0.25) is 0 Å². The molecule has 5 N–H and O–H groups in total. The van der Waals surface area contributed by atoms with Gasteiger partial charge in [-0.1, -0.05) is 0 Å². The summed E-state index contributed by atoms with van der Waals surface area (Å²) in [6, 6.07) is 5.92. The zero-order valence-corrected chi connectivity index (χ0v) is 10.7. The largest absolute Gasteiger partial charge is 0.377 e. The van der Waals surface area contributed by atoms with Gasteiger partial charge in [0.1, 0.15) is 0 Å².